The quantitative estimate of drug-likeness (QED) is 0.692. The lowest BCUT2D eigenvalue weighted by Crippen LogP contribution is -2.48. The molecule has 1 saturated heterocycles. The van der Waals surface area contributed by atoms with E-state index < -0.39 is 22.4 Å². The van der Waals surface area contributed by atoms with E-state index in [2.05, 4.69) is 0 Å². The summed E-state index contributed by atoms with van der Waals surface area (Å²) in [4.78, 5) is 27.1. The number of para-hydroxylation sites is 1. The van der Waals surface area contributed by atoms with E-state index in [1.807, 2.05) is 18.2 Å². The minimum absolute atomic E-state index is 0.00807. The summed E-state index contributed by atoms with van der Waals surface area (Å²) in [6, 6.07) is 7.00. The highest BCUT2D eigenvalue weighted by Gasteiger charge is 2.39. The largest absolute Gasteiger partial charge is 0.450 e. The Labute approximate surface area is 169 Å². The summed E-state index contributed by atoms with van der Waals surface area (Å²) in [6.45, 7) is 1.36. The zero-order chi connectivity index (χ0) is 20.6. The lowest BCUT2D eigenvalue weighted by molar-refractivity contribution is -0.139. The van der Waals surface area contributed by atoms with Crippen LogP contribution in [0.5, 0.6) is 0 Å². The van der Waals surface area contributed by atoms with Gasteiger partial charge in [-0.15, -0.1) is 0 Å². The average Bonchev–Trinajstić information content (AvgIpc) is 3.41. The van der Waals surface area contributed by atoms with Gasteiger partial charge >= 0.3 is 5.97 Å². The Morgan fingerprint density at radius 2 is 1.86 bits per heavy atom. The Bertz CT molecular complexity index is 1030. The predicted octanol–water partition coefficient (Wildman–Crippen LogP) is 2.86. The molecule has 1 aromatic carbocycles. The Morgan fingerprint density at radius 3 is 2.52 bits per heavy atom. The molecule has 0 spiro atoms. The van der Waals surface area contributed by atoms with Crippen LogP contribution in [0, 0.1) is 6.92 Å². The topological polar surface area (TPSA) is 93.9 Å². The molecular formula is C21H25NO6S. The second-order valence-corrected chi connectivity index (χ2v) is 10.2. The van der Waals surface area contributed by atoms with Crippen molar-refractivity contribution in [3.05, 3.63) is 35.6 Å². The van der Waals surface area contributed by atoms with Crippen molar-refractivity contribution < 1.29 is 27.2 Å². The van der Waals surface area contributed by atoms with Crippen molar-refractivity contribution in [1.29, 1.82) is 0 Å². The van der Waals surface area contributed by atoms with Gasteiger partial charge in [0, 0.05) is 23.0 Å². The minimum atomic E-state index is -3.11. The number of hydrogen-bond acceptors (Lipinski definition) is 6. The van der Waals surface area contributed by atoms with E-state index in [0.717, 1.165) is 31.1 Å². The fourth-order valence-corrected chi connectivity index (χ4v) is 6.23. The molecule has 2 aromatic rings. The van der Waals surface area contributed by atoms with Crippen molar-refractivity contribution in [2.24, 2.45) is 0 Å². The van der Waals surface area contributed by atoms with Crippen LogP contribution >= 0.6 is 0 Å². The summed E-state index contributed by atoms with van der Waals surface area (Å²) >= 11 is 0. The van der Waals surface area contributed by atoms with Crippen LogP contribution in [0.15, 0.2) is 28.7 Å². The molecule has 0 bridgehead atoms. The van der Waals surface area contributed by atoms with Gasteiger partial charge in [-0.25, -0.2) is 13.2 Å². The van der Waals surface area contributed by atoms with Gasteiger partial charge in [0.15, 0.2) is 16.4 Å². The van der Waals surface area contributed by atoms with Crippen LogP contribution in [0.4, 0.5) is 0 Å². The summed E-state index contributed by atoms with van der Waals surface area (Å²) in [5, 5.41) is 0.828. The Hall–Kier alpha value is -2.35. The van der Waals surface area contributed by atoms with Gasteiger partial charge in [0.2, 0.25) is 5.76 Å². The molecule has 156 valence electrons. The van der Waals surface area contributed by atoms with Crippen molar-refractivity contribution in [3.8, 4) is 0 Å². The van der Waals surface area contributed by atoms with Gasteiger partial charge in [0.25, 0.3) is 5.91 Å². The molecular weight excluding hydrogens is 394 g/mol. The molecule has 0 N–H and O–H groups in total. The fraction of sp³-hybridized carbons (Fsp3) is 0.524. The molecule has 1 atom stereocenters. The number of benzene rings is 1. The lowest BCUT2D eigenvalue weighted by atomic mass is 10.1. The summed E-state index contributed by atoms with van der Waals surface area (Å²) < 4.78 is 34.7. The zero-order valence-corrected chi connectivity index (χ0v) is 17.2. The van der Waals surface area contributed by atoms with Crippen LogP contribution in [0.1, 0.15) is 48.2 Å². The highest BCUT2D eigenvalue weighted by molar-refractivity contribution is 7.91. The first-order chi connectivity index (χ1) is 13.9. The van der Waals surface area contributed by atoms with Crippen LogP contribution in [0.25, 0.3) is 11.0 Å². The van der Waals surface area contributed by atoms with E-state index >= 15 is 0 Å². The molecule has 0 radical (unpaired) electrons. The number of sulfone groups is 1. The number of amides is 1. The number of carbonyl (C=O) groups excluding carboxylic acids is 2. The highest BCUT2D eigenvalue weighted by atomic mass is 32.2. The molecule has 1 amide bonds. The normalized spacial score (nSPS) is 21.5. The number of rotatable bonds is 5. The van der Waals surface area contributed by atoms with E-state index in [4.69, 9.17) is 9.15 Å². The molecule has 4 rings (SSSR count). The number of furan rings is 1. The number of fused-ring (bicyclic) bond motifs is 1. The average molecular weight is 419 g/mol. The van der Waals surface area contributed by atoms with Gasteiger partial charge in [0.1, 0.15) is 5.58 Å². The van der Waals surface area contributed by atoms with E-state index in [1.165, 1.54) is 0 Å². The zero-order valence-electron chi connectivity index (χ0n) is 16.4. The van der Waals surface area contributed by atoms with Gasteiger partial charge in [-0.2, -0.15) is 0 Å². The summed E-state index contributed by atoms with van der Waals surface area (Å²) in [5.74, 6) is -0.828. The van der Waals surface area contributed by atoms with E-state index in [0.29, 0.717) is 17.6 Å². The lowest BCUT2D eigenvalue weighted by Gasteiger charge is -2.33. The molecule has 29 heavy (non-hydrogen) atoms. The number of carbonyl (C=O) groups is 2. The number of nitrogens with zero attached hydrogens (tertiary/aromatic N) is 1. The van der Waals surface area contributed by atoms with Crippen LogP contribution < -0.4 is 0 Å². The van der Waals surface area contributed by atoms with Crippen LogP contribution in [0.2, 0.25) is 0 Å². The highest BCUT2D eigenvalue weighted by Crippen LogP contribution is 2.30. The summed E-state index contributed by atoms with van der Waals surface area (Å²) in [6.07, 6.45) is 4.21. The third kappa shape index (κ3) is 4.03. The SMILES string of the molecule is Cc1c(C(=O)OCC(=O)N(C2CCCC2)[C@H]2CCS(=O)(=O)C2)oc2ccccc12. The van der Waals surface area contributed by atoms with Gasteiger partial charge < -0.3 is 14.1 Å². The first kappa shape index (κ1) is 19.9. The number of esters is 1. The predicted molar refractivity (Wildman–Crippen MR) is 107 cm³/mol. The fourth-order valence-electron chi connectivity index (χ4n) is 4.52. The standard InChI is InChI=1S/C21H25NO6S/c1-14-17-8-4-5-9-18(17)28-20(14)21(24)27-12-19(23)22(15-6-2-3-7-15)16-10-11-29(25,26)13-16/h4-5,8-9,15-16H,2-3,6-7,10-13H2,1H3/t16-/m0/s1. The van der Waals surface area contributed by atoms with Gasteiger partial charge in [-0.1, -0.05) is 31.0 Å². The van der Waals surface area contributed by atoms with Crippen molar-refractivity contribution in [2.45, 2.75) is 51.1 Å². The maximum atomic E-state index is 12.9. The molecule has 8 heteroatoms. The maximum Gasteiger partial charge on any atom is 0.375 e. The van der Waals surface area contributed by atoms with Crippen molar-refractivity contribution in [3.63, 3.8) is 0 Å². The Balaban J connectivity index is 1.47. The van der Waals surface area contributed by atoms with E-state index in [1.54, 1.807) is 17.9 Å². The first-order valence-electron chi connectivity index (χ1n) is 10.0. The van der Waals surface area contributed by atoms with E-state index in [-0.39, 0.29) is 35.3 Å². The third-order valence-corrected chi connectivity index (χ3v) is 7.71. The first-order valence-corrected chi connectivity index (χ1v) is 11.8. The molecule has 1 aliphatic heterocycles. The smallest absolute Gasteiger partial charge is 0.375 e. The summed E-state index contributed by atoms with van der Waals surface area (Å²) in [7, 11) is -3.11. The molecule has 0 unspecified atom stereocenters. The Morgan fingerprint density at radius 1 is 1.14 bits per heavy atom. The second kappa shape index (κ2) is 7.82. The Kier molecular flexibility index (Phi) is 5.38. The molecule has 1 aromatic heterocycles. The van der Waals surface area contributed by atoms with Gasteiger partial charge in [-0.3, -0.25) is 4.79 Å². The molecule has 1 saturated carbocycles. The molecule has 2 heterocycles. The number of hydrogen-bond donors (Lipinski definition) is 0. The molecule has 1 aliphatic carbocycles. The molecule has 2 fully saturated rings. The van der Waals surface area contributed by atoms with Crippen molar-refractivity contribution >= 4 is 32.7 Å². The second-order valence-electron chi connectivity index (χ2n) is 7.92. The molecule has 2 aliphatic rings. The minimum Gasteiger partial charge on any atom is -0.450 e. The monoisotopic (exact) mass is 419 g/mol. The number of ether oxygens (including phenoxy) is 1. The van der Waals surface area contributed by atoms with Gasteiger partial charge in [-0.05, 0) is 32.3 Å². The van der Waals surface area contributed by atoms with Crippen LogP contribution in [-0.2, 0) is 19.4 Å². The van der Waals surface area contributed by atoms with Gasteiger partial charge in [0.05, 0.1) is 11.5 Å². The van der Waals surface area contributed by atoms with E-state index in [9.17, 15) is 18.0 Å². The summed E-state index contributed by atoms with van der Waals surface area (Å²) in [5.41, 5.74) is 1.26. The van der Waals surface area contributed by atoms with Crippen molar-refractivity contribution in [2.75, 3.05) is 18.1 Å². The van der Waals surface area contributed by atoms with Crippen LogP contribution in [-0.4, -0.2) is 55.4 Å². The maximum absolute atomic E-state index is 12.9. The van der Waals surface area contributed by atoms with Crippen molar-refractivity contribution in [1.82, 2.24) is 4.90 Å². The molecule has 7 nitrogen and oxygen atoms in total. The van der Waals surface area contributed by atoms with Crippen LogP contribution in [0.3, 0.4) is 0 Å². The number of aryl methyl sites for hydroxylation is 1. The third-order valence-electron chi connectivity index (χ3n) is 5.96.